The van der Waals surface area contributed by atoms with Crippen molar-refractivity contribution in [1.29, 1.82) is 0 Å². The Morgan fingerprint density at radius 3 is 1.01 bits per heavy atom. The Labute approximate surface area is 370 Å². The summed E-state index contributed by atoms with van der Waals surface area (Å²) in [4.78, 5) is 23.6. The summed E-state index contributed by atoms with van der Waals surface area (Å²) in [6.45, 7) is 0.192. The van der Waals surface area contributed by atoms with Crippen LogP contribution in [-0.4, -0.2) is 23.0 Å². The Balaban J connectivity index is 0.000000273. The van der Waals surface area contributed by atoms with Gasteiger partial charge < -0.3 is 5.11 Å². The van der Waals surface area contributed by atoms with E-state index in [0.717, 1.165) is 11.3 Å². The number of aromatic carboxylic acids is 1. The first-order chi connectivity index (χ1) is 32.3. The molecule has 4 nitrogen and oxygen atoms in total. The van der Waals surface area contributed by atoms with Crippen LogP contribution < -0.4 is 26.4 Å². The molecule has 0 fully saturated rings. The molecule has 7 rings (SSSR count). The molecule has 25 heteroatoms. The third-order valence-corrected chi connectivity index (χ3v) is 10.5. The molecule has 0 aliphatic heterocycles. The summed E-state index contributed by atoms with van der Waals surface area (Å²) in [7, 11) is 0. The van der Waals surface area contributed by atoms with E-state index in [2.05, 4.69) is 0 Å². The molecular weight excluding hydrogens is 981 g/mol. The van der Waals surface area contributed by atoms with Crippen LogP contribution in [0.1, 0.15) is 20.7 Å². The van der Waals surface area contributed by atoms with Crippen LogP contribution in [0.25, 0.3) is 11.3 Å². The number of halogens is 20. The number of carboxylic acids is 1. The SMILES string of the molecule is Fc1c(F)c(F)c([B-](c2c(F)c(F)c(F)c(F)c2F)(c2c(F)c(F)c(F)c(F)c2F)c2c(F)c(F)c(F)c(F)c2F)c(F)c1F.O=C(O)c1cccc(-c2cccc[n+]2CC(=O)c2ccccc2)c1. The molecule has 0 atom stereocenters. The number of nitrogens with zero attached hydrogens (tertiary/aromatic N) is 1. The molecule has 0 aliphatic rings. The smallest absolute Gasteiger partial charge is 0.335 e. The molecule has 0 unspecified atom stereocenters. The monoisotopic (exact) mass is 997 g/mol. The van der Waals surface area contributed by atoms with Crippen molar-refractivity contribution in [2.24, 2.45) is 0 Å². The number of aromatic nitrogens is 1. The van der Waals surface area contributed by atoms with E-state index in [-0.39, 0.29) is 17.9 Å². The Hall–Kier alpha value is -7.73. The van der Waals surface area contributed by atoms with Crippen LogP contribution in [0.5, 0.6) is 0 Å². The maximum Gasteiger partial charge on any atom is 0.335 e. The molecular formula is C44H16BF20NO3. The minimum Gasteiger partial charge on any atom is -0.478 e. The lowest BCUT2D eigenvalue weighted by Crippen LogP contribution is -2.81. The molecule has 0 radical (unpaired) electrons. The highest BCUT2D eigenvalue weighted by Crippen LogP contribution is 2.31. The molecule has 358 valence electrons. The van der Waals surface area contributed by atoms with Gasteiger partial charge in [-0.25, -0.2) is 92.6 Å². The standard InChI is InChI=1S/C24BF20.C20H15NO3/c26-5-1(6(27)14(35)21(42)13(5)34)25(2-7(28)15(36)22(43)16(37)8(2)29,3-9(30)17(38)23(44)18(39)10(3)31)4-11(32)19(40)24(45)20(41)12(4)33;22-19(15-7-2-1-3-8-15)14-21-12-5-4-11-18(21)16-9-6-10-17(13-16)20(23)24/h;1-13H,14H2/q-1;/p+1. The predicted octanol–water partition coefficient (Wildman–Crippen LogP) is 9.07. The van der Waals surface area contributed by atoms with Crippen LogP contribution in [0.2, 0.25) is 0 Å². The lowest BCUT2D eigenvalue weighted by Gasteiger charge is -2.44. The summed E-state index contributed by atoms with van der Waals surface area (Å²) in [5.41, 5.74) is -11.9. The van der Waals surface area contributed by atoms with Crippen molar-refractivity contribution in [2.75, 3.05) is 0 Å². The number of carbonyl (C=O) groups is 2. The molecule has 0 spiro atoms. The van der Waals surface area contributed by atoms with Crippen molar-refractivity contribution < 1.29 is 107 Å². The van der Waals surface area contributed by atoms with Crippen molar-refractivity contribution in [3.05, 3.63) is 206 Å². The first kappa shape index (κ1) is 50.7. The molecule has 1 aromatic heterocycles. The number of hydrogen-bond donors (Lipinski definition) is 1. The number of carboxylic acid groups (broad SMARTS) is 1. The van der Waals surface area contributed by atoms with E-state index in [4.69, 9.17) is 5.11 Å². The normalized spacial score (nSPS) is 11.4. The van der Waals surface area contributed by atoms with Gasteiger partial charge in [0.1, 0.15) is 52.7 Å². The first-order valence-corrected chi connectivity index (χ1v) is 18.5. The van der Waals surface area contributed by atoms with E-state index in [1.54, 1.807) is 30.3 Å². The molecule has 69 heavy (non-hydrogen) atoms. The average Bonchev–Trinajstić information content (AvgIpc) is 3.34. The second kappa shape index (κ2) is 19.1. The van der Waals surface area contributed by atoms with E-state index >= 15 is 35.1 Å². The minimum absolute atomic E-state index is 0.00226. The average molecular weight is 997 g/mol. The van der Waals surface area contributed by atoms with Crippen molar-refractivity contribution in [3.8, 4) is 11.3 Å². The van der Waals surface area contributed by atoms with Gasteiger partial charge in [-0.05, 0) is 24.3 Å². The van der Waals surface area contributed by atoms with Gasteiger partial charge in [0, 0.05) is 23.3 Å². The highest BCUT2D eigenvalue weighted by molar-refractivity contribution is 7.20. The van der Waals surface area contributed by atoms with E-state index in [1.165, 1.54) is 0 Å². The zero-order valence-corrected chi connectivity index (χ0v) is 33.1. The van der Waals surface area contributed by atoms with Crippen molar-refractivity contribution in [3.63, 3.8) is 0 Å². The second-order valence-corrected chi connectivity index (χ2v) is 14.2. The lowest BCUT2D eigenvalue weighted by atomic mass is 9.12. The molecule has 0 saturated carbocycles. The van der Waals surface area contributed by atoms with Gasteiger partial charge in [-0.3, -0.25) is 4.79 Å². The van der Waals surface area contributed by atoms with Gasteiger partial charge in [0.2, 0.25) is 18.0 Å². The zero-order chi connectivity index (χ0) is 51.3. The summed E-state index contributed by atoms with van der Waals surface area (Å²) in [6, 6.07) is 21.4. The summed E-state index contributed by atoms with van der Waals surface area (Å²) >= 11 is 0. The number of carbonyl (C=O) groups excluding carboxylic acids is 1. The van der Waals surface area contributed by atoms with E-state index in [9.17, 15) is 62.3 Å². The lowest BCUT2D eigenvalue weighted by molar-refractivity contribution is -0.672. The number of pyridine rings is 1. The maximum atomic E-state index is 15.4. The van der Waals surface area contributed by atoms with Gasteiger partial charge in [0.05, 0.1) is 5.56 Å². The first-order valence-electron chi connectivity index (χ1n) is 18.5. The zero-order valence-electron chi connectivity index (χ0n) is 33.1. The summed E-state index contributed by atoms with van der Waals surface area (Å²) in [5.74, 6) is -72.4. The number of hydrogen-bond acceptors (Lipinski definition) is 2. The number of Topliss-reactive ketones (excluding diaryl/α,β-unsaturated/α-hetero) is 1. The Kier molecular flexibility index (Phi) is 14.0. The third kappa shape index (κ3) is 8.28. The second-order valence-electron chi connectivity index (χ2n) is 14.2. The Morgan fingerprint density at radius 2 is 0.681 bits per heavy atom. The molecule has 0 amide bonds. The van der Waals surface area contributed by atoms with Gasteiger partial charge in [0.15, 0.2) is 76.0 Å². The van der Waals surface area contributed by atoms with Crippen LogP contribution >= 0.6 is 0 Å². The molecule has 7 aromatic rings. The van der Waals surface area contributed by atoms with Crippen LogP contribution in [-0.2, 0) is 6.54 Å². The van der Waals surface area contributed by atoms with Crippen LogP contribution in [0.3, 0.4) is 0 Å². The van der Waals surface area contributed by atoms with Crippen LogP contribution in [0.15, 0.2) is 79.0 Å². The van der Waals surface area contributed by atoms with Crippen molar-refractivity contribution in [1.82, 2.24) is 0 Å². The summed E-state index contributed by atoms with van der Waals surface area (Å²) in [5, 5.41) is 9.16. The third-order valence-electron chi connectivity index (χ3n) is 10.5. The highest BCUT2D eigenvalue weighted by atomic mass is 19.2. The van der Waals surface area contributed by atoms with E-state index in [1.807, 2.05) is 53.2 Å². The maximum absolute atomic E-state index is 15.4. The molecule has 0 aliphatic carbocycles. The summed E-state index contributed by atoms with van der Waals surface area (Å²) in [6.07, 6.45) is -5.39. The quantitative estimate of drug-likeness (QED) is 0.0393. The minimum atomic E-state index is -7.22. The van der Waals surface area contributed by atoms with E-state index < -0.39 is 150 Å². The number of ketones is 1. The van der Waals surface area contributed by atoms with Gasteiger partial charge in [-0.1, -0.05) is 36.4 Å². The number of benzene rings is 6. The van der Waals surface area contributed by atoms with Crippen molar-refractivity contribution >= 4 is 39.7 Å². The highest BCUT2D eigenvalue weighted by Gasteiger charge is 2.52. The topological polar surface area (TPSA) is 58.2 Å². The molecule has 0 saturated heterocycles. The largest absolute Gasteiger partial charge is 0.478 e. The van der Waals surface area contributed by atoms with Gasteiger partial charge >= 0.3 is 5.97 Å². The number of rotatable bonds is 9. The van der Waals surface area contributed by atoms with E-state index in [0.29, 0.717) is 5.56 Å². The Bertz CT molecular complexity index is 2880. The van der Waals surface area contributed by atoms with Crippen LogP contribution in [0, 0.1) is 116 Å². The van der Waals surface area contributed by atoms with Gasteiger partial charge in [-0.2, -0.15) is 4.57 Å². The molecule has 1 N–H and O–H groups in total. The predicted molar refractivity (Wildman–Crippen MR) is 199 cm³/mol. The molecule has 0 bridgehead atoms. The summed E-state index contributed by atoms with van der Waals surface area (Å²) < 4.78 is 296. The fourth-order valence-electron chi connectivity index (χ4n) is 7.43. The van der Waals surface area contributed by atoms with Crippen LogP contribution in [0.4, 0.5) is 87.8 Å². The molecule has 1 heterocycles. The van der Waals surface area contributed by atoms with Crippen molar-refractivity contribution in [2.45, 2.75) is 6.54 Å². The fourth-order valence-corrected chi connectivity index (χ4v) is 7.43. The molecule has 6 aromatic carbocycles. The Morgan fingerprint density at radius 1 is 0.377 bits per heavy atom. The van der Waals surface area contributed by atoms with Gasteiger partial charge in [0.25, 0.3) is 0 Å². The fraction of sp³-hybridized carbons (Fsp3) is 0.0227. The van der Waals surface area contributed by atoms with Gasteiger partial charge in [-0.15, -0.1) is 21.9 Å².